The second-order valence-electron chi connectivity index (χ2n) is 2.60. The lowest BCUT2D eigenvalue weighted by Crippen LogP contribution is -2.10. The summed E-state index contributed by atoms with van der Waals surface area (Å²) < 4.78 is 24.9. The second kappa shape index (κ2) is 4.93. The van der Waals surface area contributed by atoms with E-state index in [1.54, 1.807) is 0 Å². The molecule has 4 nitrogen and oxygen atoms in total. The van der Waals surface area contributed by atoms with Gasteiger partial charge in [0.05, 0.1) is 4.47 Å². The van der Waals surface area contributed by atoms with Gasteiger partial charge >= 0.3 is 0 Å². The Labute approximate surface area is 97.2 Å². The number of hydrogen-bond acceptors (Lipinski definition) is 4. The number of alkyl halides is 1. The van der Waals surface area contributed by atoms with Crippen LogP contribution in [0.2, 0.25) is 0 Å². The average molecular weight is 303 g/mol. The fourth-order valence-electron chi connectivity index (χ4n) is 0.997. The Morgan fingerprint density at radius 1 is 1.20 bits per heavy atom. The Bertz CT molecular complexity index is 336. The zero-order valence-electron chi connectivity index (χ0n) is 7.16. The first kappa shape index (κ1) is 12.4. The average Bonchev–Trinajstić information content (AvgIpc) is 2.17. The maximum atomic E-state index is 12.5. The topological polar surface area (TPSA) is 46.9 Å². The molecule has 0 aliphatic carbocycles. The van der Waals surface area contributed by atoms with Gasteiger partial charge in [-0.1, -0.05) is 19.5 Å². The van der Waals surface area contributed by atoms with E-state index in [1.807, 2.05) is 0 Å². The van der Waals surface area contributed by atoms with Crippen LogP contribution in [0, 0.1) is 0 Å². The van der Waals surface area contributed by atoms with Crippen LogP contribution in [0.5, 0.6) is 0 Å². The van der Waals surface area contributed by atoms with Crippen LogP contribution in [0.3, 0.4) is 0 Å². The molecule has 0 fully saturated rings. The number of benzene rings is 1. The van der Waals surface area contributed by atoms with Gasteiger partial charge in [0, 0.05) is 5.88 Å². The van der Waals surface area contributed by atoms with Crippen LogP contribution in [0.4, 0.5) is 20.3 Å². The van der Waals surface area contributed by atoms with Crippen LogP contribution < -0.4 is 10.6 Å². The molecule has 15 heavy (non-hydrogen) atoms. The molecule has 0 atom stereocenters. The molecule has 0 bridgehead atoms. The monoisotopic (exact) mass is 302 g/mol. The van der Waals surface area contributed by atoms with Crippen molar-refractivity contribution in [2.75, 3.05) is 10.6 Å². The predicted octanol–water partition coefficient (Wildman–Crippen LogP) is 3.35. The zero-order chi connectivity index (χ0) is 11.6. The fraction of sp³-hybridized carbons (Fsp3) is 0.143. The first-order valence-corrected chi connectivity index (χ1v) is 4.98. The number of hydrogen-bond donors (Lipinski definition) is 2. The van der Waals surface area contributed by atoms with Crippen molar-refractivity contribution in [2.45, 2.75) is 5.88 Å². The summed E-state index contributed by atoms with van der Waals surface area (Å²) in [4.78, 5) is 0. The van der Waals surface area contributed by atoms with Gasteiger partial charge in [-0.05, 0) is 33.6 Å². The molecule has 1 rings (SSSR count). The van der Waals surface area contributed by atoms with Gasteiger partial charge in [-0.25, -0.2) is 0 Å². The van der Waals surface area contributed by atoms with Crippen molar-refractivity contribution in [1.29, 1.82) is 0 Å². The minimum atomic E-state index is -0.701. The van der Waals surface area contributed by atoms with Gasteiger partial charge in [0.25, 0.3) is 0 Å². The van der Waals surface area contributed by atoms with Crippen molar-refractivity contribution in [2.24, 2.45) is 0 Å². The van der Waals surface area contributed by atoms with E-state index in [-0.39, 0.29) is 21.7 Å². The lowest BCUT2D eigenvalue weighted by atomic mass is 10.2. The van der Waals surface area contributed by atoms with Crippen LogP contribution in [0.1, 0.15) is 5.56 Å². The first-order valence-electron chi connectivity index (χ1n) is 3.65. The zero-order valence-corrected chi connectivity index (χ0v) is 9.50. The molecule has 0 spiro atoms. The number of rotatable bonds is 3. The SMILES string of the molecule is ON(F)c1cc(CCl)cc(N(O)F)c1Br. The third-order valence-electron chi connectivity index (χ3n) is 1.65. The molecule has 0 amide bonds. The van der Waals surface area contributed by atoms with Gasteiger partial charge in [0.15, 0.2) is 0 Å². The van der Waals surface area contributed by atoms with Gasteiger partial charge < -0.3 is 0 Å². The summed E-state index contributed by atoms with van der Waals surface area (Å²) in [7, 11) is 0. The molecular formula is C7H6BrClF2N2O2. The molecule has 0 heterocycles. The van der Waals surface area contributed by atoms with Crippen molar-refractivity contribution in [3.05, 3.63) is 22.2 Å². The molecule has 1 aromatic rings. The summed E-state index contributed by atoms with van der Waals surface area (Å²) >= 11 is 8.29. The lowest BCUT2D eigenvalue weighted by molar-refractivity contribution is 0.112. The highest BCUT2D eigenvalue weighted by molar-refractivity contribution is 9.10. The molecule has 0 aromatic heterocycles. The van der Waals surface area contributed by atoms with Crippen LogP contribution in [-0.4, -0.2) is 10.4 Å². The summed E-state index contributed by atoms with van der Waals surface area (Å²) in [5, 5.41) is 15.8. The van der Waals surface area contributed by atoms with Gasteiger partial charge in [-0.3, -0.25) is 10.4 Å². The Hall–Kier alpha value is -0.630. The van der Waals surface area contributed by atoms with E-state index >= 15 is 0 Å². The molecule has 0 aliphatic rings. The molecule has 84 valence electrons. The fourth-order valence-corrected chi connectivity index (χ4v) is 1.67. The van der Waals surface area contributed by atoms with E-state index in [2.05, 4.69) is 15.9 Å². The number of anilines is 2. The maximum absolute atomic E-state index is 12.5. The molecule has 2 N–H and O–H groups in total. The third-order valence-corrected chi connectivity index (χ3v) is 2.77. The van der Waals surface area contributed by atoms with Gasteiger partial charge in [0.2, 0.25) is 0 Å². The Morgan fingerprint density at radius 3 is 1.87 bits per heavy atom. The summed E-state index contributed by atoms with van der Waals surface area (Å²) in [6.45, 7) is 0. The molecule has 8 heteroatoms. The van der Waals surface area contributed by atoms with E-state index in [4.69, 9.17) is 22.0 Å². The van der Waals surface area contributed by atoms with Gasteiger partial charge in [-0.2, -0.15) is 0 Å². The van der Waals surface area contributed by atoms with E-state index in [1.165, 1.54) is 12.1 Å². The maximum Gasteiger partial charge on any atom is 0.116 e. The van der Waals surface area contributed by atoms with Crippen LogP contribution >= 0.6 is 27.5 Å². The third kappa shape index (κ3) is 2.69. The van der Waals surface area contributed by atoms with Gasteiger partial charge in [0.1, 0.15) is 11.4 Å². The Kier molecular flexibility index (Phi) is 4.09. The van der Waals surface area contributed by atoms with E-state index in [0.717, 1.165) is 0 Å². The normalized spacial score (nSPS) is 10.3. The summed E-state index contributed by atoms with van der Waals surface area (Å²) in [5.41, 5.74) is -0.391. The van der Waals surface area contributed by atoms with Gasteiger partial charge in [-0.15, -0.1) is 11.6 Å². The predicted molar refractivity (Wildman–Crippen MR) is 54.4 cm³/mol. The minimum absolute atomic E-state index is 0.0189. The largest absolute Gasteiger partial charge is 0.260 e. The Morgan fingerprint density at radius 2 is 1.60 bits per heavy atom. The summed E-state index contributed by atoms with van der Waals surface area (Å²) in [6.07, 6.45) is 0. The van der Waals surface area contributed by atoms with Crippen LogP contribution in [0.15, 0.2) is 16.6 Å². The van der Waals surface area contributed by atoms with Crippen LogP contribution in [0.25, 0.3) is 0 Å². The van der Waals surface area contributed by atoms with Crippen molar-refractivity contribution < 1.29 is 19.4 Å². The Balaban J connectivity index is 3.33. The van der Waals surface area contributed by atoms with E-state index < -0.39 is 10.6 Å². The van der Waals surface area contributed by atoms with E-state index in [0.29, 0.717) is 5.56 Å². The molecule has 0 saturated carbocycles. The highest BCUT2D eigenvalue weighted by Crippen LogP contribution is 2.36. The quantitative estimate of drug-likeness (QED) is 0.511. The molecule has 0 unspecified atom stereocenters. The minimum Gasteiger partial charge on any atom is -0.260 e. The molecule has 1 aromatic carbocycles. The molecule has 0 radical (unpaired) electrons. The number of halogens is 4. The number of nitrogens with zero attached hydrogens (tertiary/aromatic N) is 2. The first-order chi connectivity index (χ1) is 6.97. The van der Waals surface area contributed by atoms with Crippen molar-refractivity contribution in [1.82, 2.24) is 0 Å². The van der Waals surface area contributed by atoms with E-state index in [9.17, 15) is 8.96 Å². The highest BCUT2D eigenvalue weighted by atomic mass is 79.9. The lowest BCUT2D eigenvalue weighted by Gasteiger charge is -2.14. The highest BCUT2D eigenvalue weighted by Gasteiger charge is 2.17. The smallest absolute Gasteiger partial charge is 0.116 e. The summed E-state index contributed by atoms with van der Waals surface area (Å²) in [6, 6.07) is 2.40. The molecule has 0 saturated heterocycles. The van der Waals surface area contributed by atoms with Crippen molar-refractivity contribution in [3.8, 4) is 0 Å². The van der Waals surface area contributed by atoms with Crippen LogP contribution in [-0.2, 0) is 5.88 Å². The second-order valence-corrected chi connectivity index (χ2v) is 3.66. The van der Waals surface area contributed by atoms with Crippen molar-refractivity contribution in [3.63, 3.8) is 0 Å². The molecule has 0 aliphatic heterocycles. The van der Waals surface area contributed by atoms with Crippen molar-refractivity contribution >= 4 is 38.9 Å². The summed E-state index contributed by atoms with van der Waals surface area (Å²) in [5.74, 6) is -0.0189. The molecular weight excluding hydrogens is 297 g/mol. The standard InChI is InChI=1S/C7H6BrClF2N2O2/c8-7-5(12(10)14)1-4(3-9)2-6(7)13(11)15/h1-2,14-15H,3H2.